The molecule has 0 saturated heterocycles. The number of nitrogens with one attached hydrogen (secondary N) is 1. The molecular weight excluding hydrogens is 342 g/mol. The minimum absolute atomic E-state index is 0.450. The molecule has 0 radical (unpaired) electrons. The molecule has 0 aliphatic rings. The highest BCUT2D eigenvalue weighted by atomic mass is 32.3. The zero-order valence-corrected chi connectivity index (χ0v) is 12.3. The Morgan fingerprint density at radius 3 is 1.25 bits per heavy atom. The number of halogens is 6. The maximum Gasteiger partial charge on any atom is 0.471 e. The summed E-state index contributed by atoms with van der Waals surface area (Å²) in [5, 5.41) is -6.42. The lowest BCUT2D eigenvalue weighted by Gasteiger charge is -2.18. The molecule has 1 N–H and O–H groups in total. The van der Waals surface area contributed by atoms with Crippen LogP contribution in [0.1, 0.15) is 0 Å². The van der Waals surface area contributed by atoms with Crippen LogP contribution in [0.4, 0.5) is 25.8 Å². The summed E-state index contributed by atoms with van der Waals surface area (Å²) in [6, 6.07) is 0. The van der Waals surface area contributed by atoms with Gasteiger partial charge in [-0.05, 0) is 0 Å². The van der Waals surface area contributed by atoms with Crippen LogP contribution in [0.15, 0.2) is 0 Å². The van der Waals surface area contributed by atoms with E-state index in [-0.39, 0.29) is 0 Å². The maximum absolute atomic E-state index is 12.0. The lowest BCUT2D eigenvalue weighted by atomic mass is 10.7. The predicted octanol–water partition coefficient (Wildman–Crippen LogP) is 0.598. The van der Waals surface area contributed by atoms with E-state index in [0.29, 0.717) is 0 Å². The number of sulfonamides is 1. The van der Waals surface area contributed by atoms with Crippen molar-refractivity contribution in [3.8, 4) is 0 Å². The highest BCUT2D eigenvalue weighted by Crippen LogP contribution is 2.39. The highest BCUT2D eigenvalue weighted by Gasteiger charge is 2.68. The molecule has 0 amide bonds. The Balaban J connectivity index is 0. The number of nitrogens with zero attached hydrogens (tertiary/aromatic N) is 1. The van der Waals surface area contributed by atoms with Crippen LogP contribution in [0.5, 0.6) is 0 Å². The normalized spacial score (nSPS) is 14.5. The molecule has 14 heteroatoms. The smallest absolute Gasteiger partial charge is 0.333 e. The van der Waals surface area contributed by atoms with Crippen LogP contribution in [0.2, 0.25) is 0 Å². The molecule has 0 aromatic carbocycles. The van der Waals surface area contributed by atoms with Crippen molar-refractivity contribution in [2.75, 3.05) is 28.2 Å². The maximum atomic E-state index is 12.0. The van der Waals surface area contributed by atoms with E-state index in [0.717, 1.165) is 4.48 Å². The second kappa shape index (κ2) is 6.03. The quantitative estimate of drug-likeness (QED) is 0.457. The number of hydrogen-bond donors (Lipinski definition) is 1. The molecule has 0 rings (SSSR count). The average Bonchev–Trinajstić information content (AvgIpc) is 1.91. The van der Waals surface area contributed by atoms with Gasteiger partial charge in [0, 0.05) is 0 Å². The van der Waals surface area contributed by atoms with Crippen LogP contribution < -0.4 is 4.13 Å². The third-order valence-electron chi connectivity index (χ3n) is 0.877. The molecule has 124 valence electrons. The fourth-order valence-electron chi connectivity index (χ4n) is 0.336. The molecule has 6 nitrogen and oxygen atoms in total. The van der Waals surface area contributed by atoms with Gasteiger partial charge in [0.1, 0.15) is 0 Å². The number of hydrogen-bond acceptors (Lipinski definition) is 4. The Kier molecular flexibility index (Phi) is 6.54. The van der Waals surface area contributed by atoms with E-state index in [9.17, 15) is 42.7 Å². The van der Waals surface area contributed by atoms with Gasteiger partial charge in [0.15, 0.2) is 0 Å². The molecule has 0 aromatic heterocycles. The first-order valence-electron chi connectivity index (χ1n) is 4.42. The second-order valence-electron chi connectivity index (χ2n) is 4.72. The van der Waals surface area contributed by atoms with Gasteiger partial charge in [0.2, 0.25) is 0 Å². The summed E-state index contributed by atoms with van der Waals surface area (Å²) in [5.41, 5.74) is 0. The molecule has 0 bridgehead atoms. The number of rotatable bonds is 3. The largest absolute Gasteiger partial charge is 0.471 e. The molecule has 0 aliphatic carbocycles. The van der Waals surface area contributed by atoms with Crippen molar-refractivity contribution in [2.24, 2.45) is 0 Å². The summed E-state index contributed by atoms with van der Waals surface area (Å²) in [6.45, 7) is 0. The van der Waals surface area contributed by atoms with Gasteiger partial charge in [-0.3, -0.25) is 0 Å². The number of quaternary nitrogens is 1. The zero-order valence-electron chi connectivity index (χ0n) is 10.7. The predicted molar refractivity (Wildman–Crippen MR) is 57.0 cm³/mol. The third-order valence-corrected chi connectivity index (χ3v) is 3.46. The van der Waals surface area contributed by atoms with Gasteiger partial charge in [-0.1, -0.05) is 8.01 Å². The molecule has 0 aromatic rings. The van der Waals surface area contributed by atoms with Crippen molar-refractivity contribution in [1.29, 1.82) is 0 Å². The van der Waals surface area contributed by atoms with E-state index in [1.807, 2.05) is 0 Å². The van der Waals surface area contributed by atoms with Gasteiger partial charge in [-0.15, -0.1) is 0 Å². The third kappa shape index (κ3) is 8.55. The van der Waals surface area contributed by atoms with Crippen LogP contribution in [0.25, 0.3) is 0 Å². The minimum atomic E-state index is -6.75. The zero-order chi connectivity index (χ0) is 17.2. The SMILES string of the molecule is C[N+](C)(C)C.O=S(=O)(F)NS(=O)(=O)C(F)(F)C(F)(F)F. The first-order valence-corrected chi connectivity index (χ1v) is 7.28. The fraction of sp³-hybridized carbons (Fsp3) is 1.00. The van der Waals surface area contributed by atoms with Crippen molar-refractivity contribution in [3.05, 3.63) is 0 Å². The molecule has 0 heterocycles. The second-order valence-corrected chi connectivity index (χ2v) is 7.78. The highest BCUT2D eigenvalue weighted by molar-refractivity contribution is 8.03. The first kappa shape index (κ1) is 21.7. The molecule has 0 spiro atoms. The average molecular weight is 355 g/mol. The Labute approximate surface area is 112 Å². The number of alkyl halides is 5. The van der Waals surface area contributed by atoms with E-state index >= 15 is 0 Å². The first-order chi connectivity index (χ1) is 8.21. The minimum Gasteiger partial charge on any atom is -0.333 e. The van der Waals surface area contributed by atoms with Gasteiger partial charge < -0.3 is 4.48 Å². The lowest BCUT2D eigenvalue weighted by Crippen LogP contribution is -2.50. The van der Waals surface area contributed by atoms with E-state index in [1.54, 1.807) is 0 Å². The molecule has 0 saturated carbocycles. The molecule has 0 fully saturated rings. The van der Waals surface area contributed by atoms with Crippen molar-refractivity contribution >= 4 is 20.4 Å². The van der Waals surface area contributed by atoms with Crippen LogP contribution in [-0.4, -0.2) is 60.9 Å². The van der Waals surface area contributed by atoms with E-state index < -0.39 is 36.0 Å². The monoisotopic (exact) mass is 355 g/mol. The fourth-order valence-corrected chi connectivity index (χ4v) is 2.11. The summed E-state index contributed by atoms with van der Waals surface area (Å²) in [5.74, 6) is 0. The summed E-state index contributed by atoms with van der Waals surface area (Å²) in [4.78, 5) is 0. The summed E-state index contributed by atoms with van der Waals surface area (Å²) >= 11 is 0. The lowest BCUT2D eigenvalue weighted by molar-refractivity contribution is -0.849. The van der Waals surface area contributed by atoms with Gasteiger partial charge in [0.25, 0.3) is 0 Å². The van der Waals surface area contributed by atoms with Crippen molar-refractivity contribution < 1.29 is 47.2 Å². The topological polar surface area (TPSA) is 80.3 Å². The Bertz CT molecular complexity index is 513. The Hall–Kier alpha value is -0.600. The molecule has 0 aliphatic heterocycles. The standard InChI is InChI=1S/C4H12N.C2HF6NO4S2/c1-5(2,3)4;3-1(4,5)2(6,7)14(10,11)9-15(8,12)13/h1-4H3;9H/q+1;. The van der Waals surface area contributed by atoms with Crippen molar-refractivity contribution in [2.45, 2.75) is 11.4 Å². The van der Waals surface area contributed by atoms with E-state index in [2.05, 4.69) is 28.2 Å². The molecule has 0 atom stereocenters. The van der Waals surface area contributed by atoms with Gasteiger partial charge in [-0.25, -0.2) is 8.42 Å². The Morgan fingerprint density at radius 2 is 1.10 bits per heavy atom. The molecule has 20 heavy (non-hydrogen) atoms. The molecular formula is C6H13F6N2O4S2+. The Morgan fingerprint density at radius 1 is 0.850 bits per heavy atom. The van der Waals surface area contributed by atoms with Crippen LogP contribution in [-0.2, 0) is 20.4 Å². The molecule has 0 unspecified atom stereocenters. The van der Waals surface area contributed by atoms with Gasteiger partial charge in [-0.2, -0.15) is 30.4 Å². The van der Waals surface area contributed by atoms with Crippen molar-refractivity contribution in [3.63, 3.8) is 0 Å². The van der Waals surface area contributed by atoms with Crippen LogP contribution >= 0.6 is 0 Å². The summed E-state index contributed by atoms with van der Waals surface area (Å²) in [6.07, 6.45) is -6.57. The summed E-state index contributed by atoms with van der Waals surface area (Å²) < 4.78 is 110. The van der Waals surface area contributed by atoms with Gasteiger partial charge >= 0.3 is 31.9 Å². The van der Waals surface area contributed by atoms with Crippen molar-refractivity contribution in [1.82, 2.24) is 4.13 Å². The van der Waals surface area contributed by atoms with E-state index in [4.69, 9.17) is 0 Å². The van der Waals surface area contributed by atoms with Gasteiger partial charge in [0.05, 0.1) is 28.2 Å². The van der Waals surface area contributed by atoms with Crippen LogP contribution in [0.3, 0.4) is 0 Å². The van der Waals surface area contributed by atoms with Crippen LogP contribution in [0, 0.1) is 0 Å². The summed E-state index contributed by atoms with van der Waals surface area (Å²) in [7, 11) is -4.49. The van der Waals surface area contributed by atoms with E-state index in [1.165, 1.54) is 0 Å².